The number of benzene rings is 2. The van der Waals surface area contributed by atoms with Gasteiger partial charge in [0.25, 0.3) is 5.91 Å². The SMILES string of the molecule is O=C(CCCc1ccccc1)N1CCN(C(=O)c2cnn(Cc3ccccc3Cl)c2)CC1. The van der Waals surface area contributed by atoms with Crippen LogP contribution in [0.1, 0.15) is 34.3 Å². The lowest BCUT2D eigenvalue weighted by atomic mass is 10.1. The van der Waals surface area contributed by atoms with E-state index in [1.54, 1.807) is 22.0 Å². The highest BCUT2D eigenvalue weighted by Gasteiger charge is 2.25. The quantitative estimate of drug-likeness (QED) is 0.548. The molecule has 0 spiro atoms. The zero-order valence-electron chi connectivity index (χ0n) is 18.0. The highest BCUT2D eigenvalue weighted by Crippen LogP contribution is 2.17. The van der Waals surface area contributed by atoms with E-state index in [9.17, 15) is 9.59 Å². The Morgan fingerprint density at radius 2 is 1.59 bits per heavy atom. The van der Waals surface area contributed by atoms with E-state index in [4.69, 9.17) is 11.6 Å². The lowest BCUT2D eigenvalue weighted by molar-refractivity contribution is -0.132. The molecule has 7 heteroatoms. The molecule has 2 aromatic carbocycles. The normalized spacial score (nSPS) is 13.9. The highest BCUT2D eigenvalue weighted by molar-refractivity contribution is 6.31. The van der Waals surface area contributed by atoms with Gasteiger partial charge in [0.15, 0.2) is 0 Å². The average Bonchev–Trinajstić information content (AvgIpc) is 3.29. The third-order valence-corrected chi connectivity index (χ3v) is 6.16. The first-order valence-corrected chi connectivity index (χ1v) is 11.3. The van der Waals surface area contributed by atoms with Crippen molar-refractivity contribution in [3.8, 4) is 0 Å². The van der Waals surface area contributed by atoms with Crippen molar-refractivity contribution in [3.05, 3.63) is 88.7 Å². The number of nitrogens with zero attached hydrogens (tertiary/aromatic N) is 4. The van der Waals surface area contributed by atoms with E-state index in [1.807, 2.05) is 47.4 Å². The van der Waals surface area contributed by atoms with Gasteiger partial charge in [-0.2, -0.15) is 5.10 Å². The van der Waals surface area contributed by atoms with Gasteiger partial charge in [0.05, 0.1) is 18.3 Å². The molecule has 4 rings (SSSR count). The van der Waals surface area contributed by atoms with Crippen LogP contribution in [0.15, 0.2) is 67.0 Å². The summed E-state index contributed by atoms with van der Waals surface area (Å²) in [6, 6.07) is 17.8. The number of carbonyl (C=O) groups is 2. The van der Waals surface area contributed by atoms with Gasteiger partial charge >= 0.3 is 0 Å². The van der Waals surface area contributed by atoms with Gasteiger partial charge in [-0.25, -0.2) is 0 Å². The largest absolute Gasteiger partial charge is 0.339 e. The van der Waals surface area contributed by atoms with Crippen LogP contribution in [0.25, 0.3) is 0 Å². The zero-order chi connectivity index (χ0) is 22.3. The number of carbonyl (C=O) groups excluding carboxylic acids is 2. The first-order chi connectivity index (χ1) is 15.6. The minimum Gasteiger partial charge on any atom is -0.339 e. The Morgan fingerprint density at radius 3 is 2.34 bits per heavy atom. The molecule has 1 saturated heterocycles. The minimum absolute atomic E-state index is 0.0495. The lowest BCUT2D eigenvalue weighted by Crippen LogP contribution is -2.50. The fraction of sp³-hybridized carbons (Fsp3) is 0.320. The molecule has 2 amide bonds. The maximum atomic E-state index is 12.9. The summed E-state index contributed by atoms with van der Waals surface area (Å²) in [7, 11) is 0. The Bertz CT molecular complexity index is 1060. The van der Waals surface area contributed by atoms with Gasteiger partial charge in [-0.3, -0.25) is 14.3 Å². The fourth-order valence-electron chi connectivity index (χ4n) is 3.95. The van der Waals surface area contributed by atoms with Crippen LogP contribution in [-0.4, -0.2) is 57.6 Å². The molecule has 0 bridgehead atoms. The van der Waals surface area contributed by atoms with Crippen molar-refractivity contribution in [2.45, 2.75) is 25.8 Å². The van der Waals surface area contributed by atoms with Crippen molar-refractivity contribution in [3.63, 3.8) is 0 Å². The molecule has 3 aromatic rings. The van der Waals surface area contributed by atoms with E-state index in [-0.39, 0.29) is 11.8 Å². The molecule has 0 atom stereocenters. The van der Waals surface area contributed by atoms with E-state index in [0.29, 0.717) is 49.7 Å². The van der Waals surface area contributed by atoms with Crippen LogP contribution in [0.4, 0.5) is 0 Å². The van der Waals surface area contributed by atoms with E-state index in [0.717, 1.165) is 18.4 Å². The molecular weight excluding hydrogens is 424 g/mol. The van der Waals surface area contributed by atoms with Crippen molar-refractivity contribution >= 4 is 23.4 Å². The smallest absolute Gasteiger partial charge is 0.257 e. The van der Waals surface area contributed by atoms with Gasteiger partial charge in [0.2, 0.25) is 5.91 Å². The minimum atomic E-state index is -0.0495. The lowest BCUT2D eigenvalue weighted by Gasteiger charge is -2.34. The summed E-state index contributed by atoms with van der Waals surface area (Å²) >= 11 is 6.22. The van der Waals surface area contributed by atoms with Crippen molar-refractivity contribution in [2.75, 3.05) is 26.2 Å². The molecule has 1 aliphatic rings. The molecule has 1 fully saturated rings. The number of halogens is 1. The summed E-state index contributed by atoms with van der Waals surface area (Å²) in [5, 5.41) is 5.00. The number of aryl methyl sites for hydroxylation is 1. The van der Waals surface area contributed by atoms with E-state index in [1.165, 1.54) is 5.56 Å². The third kappa shape index (κ3) is 5.56. The first kappa shape index (κ1) is 22.1. The topological polar surface area (TPSA) is 58.4 Å². The number of hydrogen-bond acceptors (Lipinski definition) is 3. The van der Waals surface area contributed by atoms with Crippen LogP contribution in [-0.2, 0) is 17.8 Å². The molecule has 0 saturated carbocycles. The van der Waals surface area contributed by atoms with Crippen molar-refractivity contribution < 1.29 is 9.59 Å². The summed E-state index contributed by atoms with van der Waals surface area (Å²) in [5.41, 5.74) is 2.76. The molecule has 0 N–H and O–H groups in total. The van der Waals surface area contributed by atoms with Crippen LogP contribution in [0.5, 0.6) is 0 Å². The summed E-state index contributed by atoms with van der Waals surface area (Å²) in [4.78, 5) is 29.1. The Morgan fingerprint density at radius 1 is 0.906 bits per heavy atom. The number of aromatic nitrogens is 2. The standard InChI is InChI=1S/C25H27ClN4O2/c26-23-11-5-4-10-21(23)18-30-19-22(17-27-30)25(32)29-15-13-28(14-16-29)24(31)12-6-9-20-7-2-1-3-8-20/h1-5,7-8,10-11,17,19H,6,9,12-16,18H2. The molecule has 0 radical (unpaired) electrons. The predicted octanol–water partition coefficient (Wildman–Crippen LogP) is 3.89. The van der Waals surface area contributed by atoms with Gasteiger partial charge in [0.1, 0.15) is 0 Å². The second-order valence-corrected chi connectivity index (χ2v) is 8.44. The van der Waals surface area contributed by atoms with Gasteiger partial charge in [0, 0.05) is 43.8 Å². The molecule has 0 unspecified atom stereocenters. The maximum Gasteiger partial charge on any atom is 0.257 e. The Hall–Kier alpha value is -3.12. The predicted molar refractivity (Wildman–Crippen MR) is 125 cm³/mol. The fourth-order valence-corrected chi connectivity index (χ4v) is 4.15. The van der Waals surface area contributed by atoms with Crippen molar-refractivity contribution in [1.29, 1.82) is 0 Å². The van der Waals surface area contributed by atoms with Crippen LogP contribution in [0, 0.1) is 0 Å². The second kappa shape index (κ2) is 10.5. The average molecular weight is 451 g/mol. The summed E-state index contributed by atoms with van der Waals surface area (Å²) in [6.45, 7) is 2.74. The van der Waals surface area contributed by atoms with E-state index in [2.05, 4.69) is 17.2 Å². The molecule has 1 aromatic heterocycles. The molecule has 0 aliphatic carbocycles. The van der Waals surface area contributed by atoms with Gasteiger partial charge in [-0.1, -0.05) is 60.1 Å². The molecular formula is C25H27ClN4O2. The zero-order valence-corrected chi connectivity index (χ0v) is 18.7. The number of hydrogen-bond donors (Lipinski definition) is 0. The highest BCUT2D eigenvalue weighted by atomic mass is 35.5. The first-order valence-electron chi connectivity index (χ1n) is 11.0. The number of rotatable bonds is 7. The van der Waals surface area contributed by atoms with E-state index < -0.39 is 0 Å². The third-order valence-electron chi connectivity index (χ3n) is 5.79. The number of piperazine rings is 1. The Balaban J connectivity index is 1.24. The van der Waals surface area contributed by atoms with Gasteiger partial charge in [-0.05, 0) is 30.0 Å². The van der Waals surface area contributed by atoms with Gasteiger partial charge < -0.3 is 9.80 Å². The molecule has 32 heavy (non-hydrogen) atoms. The van der Waals surface area contributed by atoms with Gasteiger partial charge in [-0.15, -0.1) is 0 Å². The monoisotopic (exact) mass is 450 g/mol. The molecule has 2 heterocycles. The molecule has 6 nitrogen and oxygen atoms in total. The van der Waals surface area contributed by atoms with Crippen molar-refractivity contribution in [2.24, 2.45) is 0 Å². The van der Waals surface area contributed by atoms with E-state index >= 15 is 0 Å². The summed E-state index contributed by atoms with van der Waals surface area (Å²) in [5.74, 6) is 0.118. The Labute approximate surface area is 193 Å². The van der Waals surface area contributed by atoms with Crippen LogP contribution in [0.2, 0.25) is 5.02 Å². The maximum absolute atomic E-state index is 12.9. The summed E-state index contributed by atoms with van der Waals surface area (Å²) < 4.78 is 1.72. The van der Waals surface area contributed by atoms with Crippen molar-refractivity contribution in [1.82, 2.24) is 19.6 Å². The van der Waals surface area contributed by atoms with Crippen LogP contribution >= 0.6 is 11.6 Å². The Kier molecular flexibility index (Phi) is 7.22. The molecule has 166 valence electrons. The van der Waals surface area contributed by atoms with Crippen LogP contribution in [0.3, 0.4) is 0 Å². The number of amides is 2. The second-order valence-electron chi connectivity index (χ2n) is 8.03. The van der Waals surface area contributed by atoms with Crippen LogP contribution < -0.4 is 0 Å². The summed E-state index contributed by atoms with van der Waals surface area (Å²) in [6.07, 6.45) is 5.64. The molecule has 1 aliphatic heterocycles.